The molecule has 2 aliphatic carbocycles. The van der Waals surface area contributed by atoms with E-state index < -0.39 is 146 Å². The number of hydrogen-bond acceptors (Lipinski definition) is 20. The maximum Gasteiger partial charge on any atom is 0.343 e. The standard InChI is InChI=1S/C60H72O20/c1-33(17-13-19-35(3)21-23-39-37(5)49(67)43(29-59(39,7)8)77-47(65)27-25-45(63)75-31-41(61)55-51(69)53(71)57(73)79-55)15-11-12-16-34(2)18-14-20-36(4)22-24-40-38(6)50(68)44(30-60(40,9)10)78-48(66)28-26-46(64)76-32-42(62)56-52(70)54(72)58(74)80-56/h11-24,41-44,53-56,61-62,71-72H,25-32H2,1-10H3. The largest absolute Gasteiger partial charge is 0.463 e. The summed E-state index contributed by atoms with van der Waals surface area (Å²) in [5, 5.41) is 38.9. The molecule has 8 unspecified atom stereocenters. The van der Waals surface area contributed by atoms with Gasteiger partial charge in [-0.25, -0.2) is 9.59 Å². The molecular weight excluding hydrogens is 1040 g/mol. The molecule has 0 amide bonds. The summed E-state index contributed by atoms with van der Waals surface area (Å²) >= 11 is 0. The zero-order valence-electron chi connectivity index (χ0n) is 46.7. The summed E-state index contributed by atoms with van der Waals surface area (Å²) in [6.07, 6.45) is 12.8. The summed E-state index contributed by atoms with van der Waals surface area (Å²) in [4.78, 5) is 123. The molecule has 0 saturated carbocycles. The summed E-state index contributed by atoms with van der Waals surface area (Å²) in [6, 6.07) is 0. The Kier molecular flexibility index (Phi) is 23.6. The number of carbonyl (C=O) groups is 10. The lowest BCUT2D eigenvalue weighted by atomic mass is 9.71. The Labute approximate surface area is 464 Å². The first-order chi connectivity index (χ1) is 37.4. The average Bonchev–Trinajstić information content (AvgIpc) is 3.83. The molecule has 4 rings (SSSR count). The molecule has 4 aliphatic rings. The smallest absolute Gasteiger partial charge is 0.343 e. The van der Waals surface area contributed by atoms with Gasteiger partial charge in [-0.05, 0) is 74.7 Å². The summed E-state index contributed by atoms with van der Waals surface area (Å²) in [6.45, 7) is 17.5. The van der Waals surface area contributed by atoms with Crippen LogP contribution in [0.1, 0.15) is 108 Å². The first-order valence-electron chi connectivity index (χ1n) is 25.9. The molecular formula is C60H72O20. The molecule has 4 N–H and O–H groups in total. The van der Waals surface area contributed by atoms with Crippen molar-refractivity contribution in [2.75, 3.05) is 13.2 Å². The second-order valence-electron chi connectivity index (χ2n) is 21.2. The first kappa shape index (κ1) is 65.0. The normalized spacial score (nSPS) is 24.9. The highest BCUT2D eigenvalue weighted by atomic mass is 16.6. The van der Waals surface area contributed by atoms with Crippen LogP contribution in [0.5, 0.6) is 0 Å². The number of hydrogen-bond donors (Lipinski definition) is 4. The van der Waals surface area contributed by atoms with Gasteiger partial charge in [0.15, 0.2) is 36.0 Å². The van der Waals surface area contributed by atoms with Gasteiger partial charge in [-0.3, -0.25) is 38.4 Å². The fourth-order valence-corrected chi connectivity index (χ4v) is 8.85. The van der Waals surface area contributed by atoms with E-state index in [1.807, 2.05) is 140 Å². The summed E-state index contributed by atoms with van der Waals surface area (Å²) in [7, 11) is 0. The van der Waals surface area contributed by atoms with Crippen molar-refractivity contribution in [1.29, 1.82) is 0 Å². The Hall–Kier alpha value is -7.52. The molecule has 2 aliphatic heterocycles. The van der Waals surface area contributed by atoms with Gasteiger partial charge in [0.1, 0.15) is 25.4 Å². The first-order valence-corrected chi connectivity index (χ1v) is 25.9. The van der Waals surface area contributed by atoms with Crippen molar-refractivity contribution in [1.82, 2.24) is 0 Å². The van der Waals surface area contributed by atoms with E-state index >= 15 is 0 Å². The maximum atomic E-state index is 13.3. The third kappa shape index (κ3) is 18.5. The van der Waals surface area contributed by atoms with Gasteiger partial charge < -0.3 is 48.8 Å². The predicted molar refractivity (Wildman–Crippen MR) is 287 cm³/mol. The van der Waals surface area contributed by atoms with E-state index in [4.69, 9.17) is 18.9 Å². The molecule has 432 valence electrons. The average molecular weight is 1110 g/mol. The number of ether oxygens (including phenoxy) is 6. The molecule has 0 radical (unpaired) electrons. The molecule has 2 heterocycles. The fourth-order valence-electron chi connectivity index (χ4n) is 8.85. The van der Waals surface area contributed by atoms with Gasteiger partial charge in [0, 0.05) is 12.8 Å². The van der Waals surface area contributed by atoms with Gasteiger partial charge in [0.25, 0.3) is 0 Å². The molecule has 80 heavy (non-hydrogen) atoms. The Morgan fingerprint density at radius 1 is 0.525 bits per heavy atom. The zero-order valence-corrected chi connectivity index (χ0v) is 46.7. The van der Waals surface area contributed by atoms with Crippen molar-refractivity contribution in [3.05, 3.63) is 130 Å². The Bertz CT molecular complexity index is 2630. The molecule has 2 saturated heterocycles. The number of allylic oxidation sites excluding steroid dienone is 20. The molecule has 0 bridgehead atoms. The number of aliphatic hydroxyl groups excluding tert-OH is 4. The number of cyclic esters (lactones) is 2. The number of Topliss-reactive ketones (excluding diaryl/α,β-unsaturated/α-hetero) is 4. The van der Waals surface area contributed by atoms with E-state index in [9.17, 15) is 68.4 Å². The molecule has 0 aromatic heterocycles. The van der Waals surface area contributed by atoms with Crippen LogP contribution in [-0.4, -0.2) is 141 Å². The SMILES string of the molecule is CC(C=CC=C(C)C=CC1=C(C)C(=O)C(OC(=O)CCC(=O)OCC(O)C2OC(=O)C(O)C2=O)CC1(C)C)=CC=CC=C(C)C=CC=C(C)C=CC1=C(C)C(=O)C(OC(=O)CCC(=O)OCC(O)C2OC(=O)C(O)C2=O)CC1(C)C. The predicted octanol–water partition coefficient (Wildman–Crippen LogP) is 5.09. The van der Waals surface area contributed by atoms with Gasteiger partial charge in [-0.15, -0.1) is 0 Å². The van der Waals surface area contributed by atoms with Crippen molar-refractivity contribution in [3.63, 3.8) is 0 Å². The zero-order chi connectivity index (χ0) is 59.8. The summed E-state index contributed by atoms with van der Waals surface area (Å²) < 4.78 is 29.9. The van der Waals surface area contributed by atoms with Crippen LogP contribution in [0.25, 0.3) is 0 Å². The molecule has 0 spiro atoms. The maximum absolute atomic E-state index is 13.3. The van der Waals surface area contributed by atoms with E-state index in [1.54, 1.807) is 13.8 Å². The minimum atomic E-state index is -2.02. The number of aliphatic hydroxyl groups is 4. The second-order valence-corrected chi connectivity index (χ2v) is 21.2. The van der Waals surface area contributed by atoms with Crippen LogP contribution in [0.2, 0.25) is 0 Å². The number of ketones is 4. The quantitative estimate of drug-likeness (QED) is 0.0423. The van der Waals surface area contributed by atoms with Gasteiger partial charge in [0.2, 0.25) is 23.8 Å². The highest BCUT2D eigenvalue weighted by molar-refractivity contribution is 6.10. The van der Waals surface area contributed by atoms with Crippen LogP contribution >= 0.6 is 0 Å². The number of carbonyl (C=O) groups excluding carboxylic acids is 10. The second kappa shape index (κ2) is 29.1. The van der Waals surface area contributed by atoms with Crippen LogP contribution < -0.4 is 0 Å². The lowest BCUT2D eigenvalue weighted by Crippen LogP contribution is -2.39. The third-order valence-electron chi connectivity index (χ3n) is 13.4. The molecule has 0 aromatic rings. The summed E-state index contributed by atoms with van der Waals surface area (Å²) in [5.74, 6) is -8.66. The molecule has 20 heteroatoms. The van der Waals surface area contributed by atoms with Crippen molar-refractivity contribution in [3.8, 4) is 0 Å². The summed E-state index contributed by atoms with van der Waals surface area (Å²) in [5.41, 5.74) is 5.22. The van der Waals surface area contributed by atoms with Gasteiger partial charge in [-0.1, -0.05) is 135 Å². The molecule has 20 nitrogen and oxygen atoms in total. The molecule has 2 fully saturated rings. The highest BCUT2D eigenvalue weighted by Gasteiger charge is 2.48. The minimum absolute atomic E-state index is 0.208. The Balaban J connectivity index is 1.20. The van der Waals surface area contributed by atoms with Crippen molar-refractivity contribution < 1.29 is 96.8 Å². The monoisotopic (exact) mass is 1110 g/mol. The Morgan fingerprint density at radius 2 is 0.838 bits per heavy atom. The topological polar surface area (TPSA) is 307 Å². The van der Waals surface area contributed by atoms with Gasteiger partial charge in [-0.2, -0.15) is 0 Å². The fraction of sp³-hybridized carbons (Fsp3) is 0.467. The van der Waals surface area contributed by atoms with E-state index in [1.165, 1.54) is 0 Å². The van der Waals surface area contributed by atoms with Gasteiger partial charge in [0.05, 0.1) is 25.7 Å². The van der Waals surface area contributed by atoms with Crippen LogP contribution in [-0.2, 0) is 76.4 Å². The van der Waals surface area contributed by atoms with E-state index in [-0.39, 0.29) is 24.4 Å². The van der Waals surface area contributed by atoms with Gasteiger partial charge >= 0.3 is 35.8 Å². The number of rotatable bonds is 24. The van der Waals surface area contributed by atoms with Crippen LogP contribution in [0.3, 0.4) is 0 Å². The Morgan fingerprint density at radius 3 is 1.16 bits per heavy atom. The van der Waals surface area contributed by atoms with E-state index in [2.05, 4.69) is 9.47 Å². The van der Waals surface area contributed by atoms with Crippen molar-refractivity contribution in [2.24, 2.45) is 10.8 Å². The van der Waals surface area contributed by atoms with Crippen LogP contribution in [0.15, 0.2) is 130 Å². The number of esters is 6. The lowest BCUT2D eigenvalue weighted by molar-refractivity contribution is -0.161. The van der Waals surface area contributed by atoms with E-state index in [0.29, 0.717) is 11.1 Å². The highest BCUT2D eigenvalue weighted by Crippen LogP contribution is 2.42. The molecule has 0 aromatic carbocycles. The van der Waals surface area contributed by atoms with E-state index in [0.717, 1.165) is 33.4 Å². The van der Waals surface area contributed by atoms with Crippen LogP contribution in [0.4, 0.5) is 0 Å². The van der Waals surface area contributed by atoms with Crippen LogP contribution in [0, 0.1) is 10.8 Å². The lowest BCUT2D eigenvalue weighted by Gasteiger charge is -2.36. The third-order valence-corrected chi connectivity index (χ3v) is 13.4. The van der Waals surface area contributed by atoms with Crippen molar-refractivity contribution in [2.45, 2.75) is 157 Å². The van der Waals surface area contributed by atoms with Crippen molar-refractivity contribution >= 4 is 58.9 Å². The molecule has 8 atom stereocenters. The minimum Gasteiger partial charge on any atom is -0.463 e.